The minimum Gasteiger partial charge on any atom is -0.361 e. The van der Waals surface area contributed by atoms with Gasteiger partial charge in [-0.25, -0.2) is 9.78 Å². The number of hydrogen-bond donors (Lipinski definition) is 2. The summed E-state index contributed by atoms with van der Waals surface area (Å²) in [5.41, 5.74) is -0.471. The highest BCUT2D eigenvalue weighted by molar-refractivity contribution is 5.68. The highest BCUT2D eigenvalue weighted by Gasteiger charge is 2.06. The van der Waals surface area contributed by atoms with E-state index in [0.29, 0.717) is 12.3 Å². The Kier molecular flexibility index (Phi) is 2.38. The van der Waals surface area contributed by atoms with Crippen molar-refractivity contribution in [2.75, 3.05) is 6.61 Å². The number of nitrogens with zero attached hydrogens (tertiary/aromatic N) is 2. The Labute approximate surface area is 83.7 Å². The predicted molar refractivity (Wildman–Crippen MR) is 52.6 cm³/mol. The Bertz CT molecular complexity index is 579. The zero-order valence-corrected chi connectivity index (χ0v) is 8.11. The van der Waals surface area contributed by atoms with Gasteiger partial charge in [-0.1, -0.05) is 0 Å². The van der Waals surface area contributed by atoms with Gasteiger partial charge in [0, 0.05) is 6.61 Å². The zero-order valence-electron chi connectivity index (χ0n) is 8.11. The van der Waals surface area contributed by atoms with Gasteiger partial charge in [0.2, 0.25) is 0 Å². The summed E-state index contributed by atoms with van der Waals surface area (Å²) < 4.78 is 6.72. The van der Waals surface area contributed by atoms with Crippen molar-refractivity contribution in [1.29, 1.82) is 0 Å². The van der Waals surface area contributed by atoms with Crippen LogP contribution in [0.2, 0.25) is 0 Å². The molecular formula is C8H10N4O3. The lowest BCUT2D eigenvalue weighted by Crippen LogP contribution is -2.22. The van der Waals surface area contributed by atoms with Crippen molar-refractivity contribution in [2.24, 2.45) is 0 Å². The minimum atomic E-state index is -0.550. The molecule has 0 fully saturated rings. The summed E-state index contributed by atoms with van der Waals surface area (Å²) in [6, 6.07) is 0. The first-order chi connectivity index (χ1) is 7.22. The molecule has 0 aromatic carbocycles. The van der Waals surface area contributed by atoms with Crippen LogP contribution in [0.1, 0.15) is 6.92 Å². The summed E-state index contributed by atoms with van der Waals surface area (Å²) in [4.78, 5) is 30.8. The molecule has 0 aliphatic heterocycles. The molecular weight excluding hydrogens is 200 g/mol. The van der Waals surface area contributed by atoms with Crippen molar-refractivity contribution in [3.63, 3.8) is 0 Å². The van der Waals surface area contributed by atoms with Gasteiger partial charge in [0.25, 0.3) is 5.56 Å². The van der Waals surface area contributed by atoms with Crippen molar-refractivity contribution in [3.8, 4) is 0 Å². The van der Waals surface area contributed by atoms with E-state index >= 15 is 0 Å². The molecule has 0 unspecified atom stereocenters. The van der Waals surface area contributed by atoms with Gasteiger partial charge in [0.1, 0.15) is 12.4 Å². The van der Waals surface area contributed by atoms with E-state index in [0.717, 1.165) is 0 Å². The van der Waals surface area contributed by atoms with Crippen LogP contribution in [0, 0.1) is 0 Å². The molecule has 2 heterocycles. The van der Waals surface area contributed by atoms with Crippen molar-refractivity contribution in [2.45, 2.75) is 13.7 Å². The molecule has 0 saturated heterocycles. The van der Waals surface area contributed by atoms with E-state index in [9.17, 15) is 9.59 Å². The number of H-pyrrole nitrogens is 2. The van der Waals surface area contributed by atoms with Crippen molar-refractivity contribution >= 4 is 11.2 Å². The second-order valence-electron chi connectivity index (χ2n) is 2.94. The molecule has 0 amide bonds. The Morgan fingerprint density at radius 3 is 3.00 bits per heavy atom. The zero-order chi connectivity index (χ0) is 10.8. The minimum absolute atomic E-state index is 0.203. The number of fused-ring (bicyclic) bond motifs is 1. The van der Waals surface area contributed by atoms with Crippen LogP contribution in [0.3, 0.4) is 0 Å². The lowest BCUT2D eigenvalue weighted by molar-refractivity contribution is 0.0901. The summed E-state index contributed by atoms with van der Waals surface area (Å²) >= 11 is 0. The average Bonchev–Trinajstić information content (AvgIpc) is 2.58. The number of aromatic nitrogens is 4. The first-order valence-electron chi connectivity index (χ1n) is 4.47. The van der Waals surface area contributed by atoms with Gasteiger partial charge in [-0.2, -0.15) is 0 Å². The fourth-order valence-corrected chi connectivity index (χ4v) is 1.27. The molecule has 0 spiro atoms. The standard InChI is InChI=1S/C8H10N4O3/c1-2-15-4-12-3-9-5-6(12)10-8(14)11-7(5)13/h3H,2,4H2,1H3,(H2,10,11,13,14). The van der Waals surface area contributed by atoms with Gasteiger partial charge in [-0.15, -0.1) is 0 Å². The normalized spacial score (nSPS) is 11.0. The van der Waals surface area contributed by atoms with Crippen molar-refractivity contribution < 1.29 is 4.74 Å². The van der Waals surface area contributed by atoms with Gasteiger partial charge < -0.3 is 4.74 Å². The molecule has 80 valence electrons. The Morgan fingerprint density at radius 2 is 2.27 bits per heavy atom. The van der Waals surface area contributed by atoms with Crippen LogP contribution < -0.4 is 11.2 Å². The molecule has 15 heavy (non-hydrogen) atoms. The van der Waals surface area contributed by atoms with Gasteiger partial charge in [0.15, 0.2) is 5.52 Å². The topological polar surface area (TPSA) is 92.8 Å². The largest absolute Gasteiger partial charge is 0.361 e. The fourth-order valence-electron chi connectivity index (χ4n) is 1.27. The molecule has 0 atom stereocenters. The first-order valence-corrected chi connectivity index (χ1v) is 4.47. The van der Waals surface area contributed by atoms with Crippen molar-refractivity contribution in [3.05, 3.63) is 27.2 Å². The number of rotatable bonds is 3. The second-order valence-corrected chi connectivity index (χ2v) is 2.94. The summed E-state index contributed by atoms with van der Waals surface area (Å²) in [5.74, 6) is 0. The van der Waals surface area contributed by atoms with E-state index in [4.69, 9.17) is 4.74 Å². The SMILES string of the molecule is CCOCn1cnc2c(=O)[nH]c(=O)[nH]c21. The van der Waals surface area contributed by atoms with Gasteiger partial charge >= 0.3 is 5.69 Å². The third-order valence-electron chi connectivity index (χ3n) is 1.95. The van der Waals surface area contributed by atoms with Crippen LogP contribution in [-0.2, 0) is 11.5 Å². The van der Waals surface area contributed by atoms with Crippen LogP contribution in [0.5, 0.6) is 0 Å². The van der Waals surface area contributed by atoms with Gasteiger partial charge in [0.05, 0.1) is 6.33 Å². The summed E-state index contributed by atoms with van der Waals surface area (Å²) in [7, 11) is 0. The van der Waals surface area contributed by atoms with Crippen LogP contribution in [0.4, 0.5) is 0 Å². The molecule has 0 bridgehead atoms. The highest BCUT2D eigenvalue weighted by atomic mass is 16.5. The third-order valence-corrected chi connectivity index (χ3v) is 1.95. The van der Waals surface area contributed by atoms with Crippen LogP contribution in [0.25, 0.3) is 11.2 Å². The molecule has 0 radical (unpaired) electrons. The van der Waals surface area contributed by atoms with Crippen molar-refractivity contribution in [1.82, 2.24) is 19.5 Å². The lowest BCUT2D eigenvalue weighted by Gasteiger charge is -2.02. The molecule has 7 nitrogen and oxygen atoms in total. The third kappa shape index (κ3) is 1.68. The van der Waals surface area contributed by atoms with E-state index in [-0.39, 0.29) is 12.2 Å². The van der Waals surface area contributed by atoms with Crippen LogP contribution in [0.15, 0.2) is 15.9 Å². The predicted octanol–water partition coefficient (Wildman–Crippen LogP) is -0.593. The van der Waals surface area contributed by atoms with Crippen LogP contribution >= 0.6 is 0 Å². The maximum atomic E-state index is 11.3. The number of nitrogens with one attached hydrogen (secondary N) is 2. The monoisotopic (exact) mass is 210 g/mol. The molecule has 7 heteroatoms. The molecule has 2 N–H and O–H groups in total. The number of ether oxygens (including phenoxy) is 1. The smallest absolute Gasteiger partial charge is 0.327 e. The summed E-state index contributed by atoms with van der Waals surface area (Å²) in [6.45, 7) is 2.66. The van der Waals surface area contributed by atoms with Gasteiger partial charge in [-0.05, 0) is 6.92 Å². The lowest BCUT2D eigenvalue weighted by atomic mass is 10.5. The Morgan fingerprint density at radius 1 is 1.47 bits per heavy atom. The average molecular weight is 210 g/mol. The maximum Gasteiger partial charge on any atom is 0.327 e. The van der Waals surface area contributed by atoms with Gasteiger partial charge in [-0.3, -0.25) is 19.3 Å². The molecule has 0 saturated carbocycles. The highest BCUT2D eigenvalue weighted by Crippen LogP contribution is 2.02. The second kappa shape index (κ2) is 3.70. The summed E-state index contributed by atoms with van der Waals surface area (Å²) in [5, 5.41) is 0. The fraction of sp³-hybridized carbons (Fsp3) is 0.375. The molecule has 2 rings (SSSR count). The van der Waals surface area contributed by atoms with E-state index in [1.807, 2.05) is 6.92 Å². The molecule has 2 aromatic heterocycles. The van der Waals surface area contributed by atoms with E-state index < -0.39 is 11.2 Å². The van der Waals surface area contributed by atoms with E-state index in [1.165, 1.54) is 6.33 Å². The van der Waals surface area contributed by atoms with Crippen LogP contribution in [-0.4, -0.2) is 26.1 Å². The molecule has 2 aromatic rings. The number of aromatic amines is 2. The van der Waals surface area contributed by atoms with E-state index in [2.05, 4.69) is 15.0 Å². The number of hydrogen-bond acceptors (Lipinski definition) is 4. The quantitative estimate of drug-likeness (QED) is 0.707. The summed E-state index contributed by atoms with van der Waals surface area (Å²) in [6.07, 6.45) is 1.45. The molecule has 0 aliphatic rings. The molecule has 0 aliphatic carbocycles. The Balaban J connectivity index is 2.58. The first kappa shape index (κ1) is 9.66. The Hall–Kier alpha value is -1.89. The number of imidazole rings is 1. The maximum absolute atomic E-state index is 11.3. The van der Waals surface area contributed by atoms with E-state index in [1.54, 1.807) is 4.57 Å².